The minimum atomic E-state index is -0.165. The number of carbonyl (C=O) groups is 1. The maximum absolute atomic E-state index is 12.2. The molecule has 1 aromatic carbocycles. The Morgan fingerprint density at radius 1 is 1.35 bits per heavy atom. The number of imidazole rings is 1. The minimum absolute atomic E-state index is 0.0758. The number of likely N-dealkylation sites (N-methyl/N-ethyl adjacent to an activating group) is 1. The van der Waals surface area contributed by atoms with E-state index in [1.807, 2.05) is 42.1 Å². The lowest BCUT2D eigenvalue weighted by Gasteiger charge is -2.14. The molecule has 1 amide bonds. The van der Waals surface area contributed by atoms with Gasteiger partial charge < -0.3 is 14.6 Å². The predicted molar refractivity (Wildman–Crippen MR) is 87.5 cm³/mol. The lowest BCUT2D eigenvalue weighted by molar-refractivity contribution is -0.129. The predicted octanol–water partition coefficient (Wildman–Crippen LogP) is 1.69. The van der Waals surface area contributed by atoms with Gasteiger partial charge in [-0.05, 0) is 18.6 Å². The topological polar surface area (TPSA) is 58.4 Å². The van der Waals surface area contributed by atoms with Crippen molar-refractivity contribution in [1.82, 2.24) is 14.5 Å². The fourth-order valence-electron chi connectivity index (χ4n) is 2.77. The van der Waals surface area contributed by atoms with Gasteiger partial charge in [0.1, 0.15) is 11.9 Å². The average molecular weight is 309 g/mol. The summed E-state index contributed by atoms with van der Waals surface area (Å²) < 4.78 is 1.96. The summed E-state index contributed by atoms with van der Waals surface area (Å²) in [4.78, 5) is 18.4. The van der Waals surface area contributed by atoms with Crippen LogP contribution in [0.25, 0.3) is 11.4 Å². The Labute approximate surface area is 135 Å². The summed E-state index contributed by atoms with van der Waals surface area (Å²) in [6.07, 6.45) is 4.88. The van der Waals surface area contributed by atoms with E-state index in [1.165, 1.54) is 0 Å². The molecule has 2 heterocycles. The van der Waals surface area contributed by atoms with E-state index < -0.39 is 0 Å². The van der Waals surface area contributed by atoms with E-state index in [-0.39, 0.29) is 18.6 Å². The van der Waals surface area contributed by atoms with Crippen LogP contribution in [0.2, 0.25) is 0 Å². The van der Waals surface area contributed by atoms with Crippen molar-refractivity contribution < 1.29 is 9.90 Å². The van der Waals surface area contributed by atoms with Gasteiger partial charge in [0.15, 0.2) is 0 Å². The Bertz CT molecular complexity index is 753. The number of rotatable bonds is 3. The molecule has 3 rings (SSSR count). The summed E-state index contributed by atoms with van der Waals surface area (Å²) in [6, 6.07) is 7.62. The zero-order valence-electron chi connectivity index (χ0n) is 13.1. The highest BCUT2D eigenvalue weighted by Crippen LogP contribution is 2.27. The second-order valence-corrected chi connectivity index (χ2v) is 5.58. The van der Waals surface area contributed by atoms with Crippen molar-refractivity contribution in [2.75, 3.05) is 20.2 Å². The molecule has 1 atom stereocenters. The van der Waals surface area contributed by atoms with Crippen LogP contribution in [-0.2, 0) is 4.79 Å². The number of likely N-dealkylation sites (tertiary alicyclic amines) is 1. The van der Waals surface area contributed by atoms with Crippen molar-refractivity contribution >= 4 is 5.91 Å². The van der Waals surface area contributed by atoms with Crippen LogP contribution in [0, 0.1) is 11.8 Å². The zero-order valence-corrected chi connectivity index (χ0v) is 13.1. The number of aliphatic hydroxyl groups excluding tert-OH is 1. The quantitative estimate of drug-likeness (QED) is 0.878. The highest BCUT2D eigenvalue weighted by molar-refractivity contribution is 5.83. The number of aromatic nitrogens is 2. The van der Waals surface area contributed by atoms with Crippen LogP contribution < -0.4 is 0 Å². The lowest BCUT2D eigenvalue weighted by Crippen LogP contribution is -2.24. The largest absolute Gasteiger partial charge is 0.395 e. The van der Waals surface area contributed by atoms with Crippen molar-refractivity contribution in [1.29, 1.82) is 0 Å². The van der Waals surface area contributed by atoms with Crippen LogP contribution in [0.4, 0.5) is 0 Å². The summed E-state index contributed by atoms with van der Waals surface area (Å²) in [5, 5.41) is 8.74. The number of benzene rings is 1. The molecule has 1 aliphatic rings. The molecule has 2 aromatic rings. The number of amides is 1. The lowest BCUT2D eigenvalue weighted by atomic mass is 10.1. The Morgan fingerprint density at radius 3 is 2.78 bits per heavy atom. The van der Waals surface area contributed by atoms with Crippen molar-refractivity contribution in [3.8, 4) is 23.2 Å². The van der Waals surface area contributed by atoms with Crippen molar-refractivity contribution in [3.63, 3.8) is 0 Å². The number of hydrogen-bond donors (Lipinski definition) is 1. The van der Waals surface area contributed by atoms with E-state index >= 15 is 0 Å². The second-order valence-electron chi connectivity index (χ2n) is 5.58. The molecule has 0 aliphatic carbocycles. The first-order chi connectivity index (χ1) is 11.2. The van der Waals surface area contributed by atoms with Gasteiger partial charge in [0.05, 0.1) is 6.61 Å². The monoisotopic (exact) mass is 309 g/mol. The first kappa shape index (κ1) is 15.3. The van der Waals surface area contributed by atoms with Gasteiger partial charge >= 0.3 is 0 Å². The molecular formula is C18H19N3O2. The van der Waals surface area contributed by atoms with Gasteiger partial charge in [-0.1, -0.05) is 24.0 Å². The third kappa shape index (κ3) is 3.13. The highest BCUT2D eigenvalue weighted by atomic mass is 16.2. The number of hydrogen-bond acceptors (Lipinski definition) is 3. The Balaban J connectivity index is 1.85. The highest BCUT2D eigenvalue weighted by Gasteiger charge is 2.31. The number of carbonyl (C=O) groups excluding carboxylic acids is 1. The van der Waals surface area contributed by atoms with Gasteiger partial charge in [-0.15, -0.1) is 0 Å². The smallest absolute Gasteiger partial charge is 0.245 e. The second kappa shape index (κ2) is 6.67. The van der Waals surface area contributed by atoms with Gasteiger partial charge in [0, 0.05) is 43.5 Å². The molecule has 1 saturated heterocycles. The summed E-state index contributed by atoms with van der Waals surface area (Å²) >= 11 is 0. The molecule has 5 nitrogen and oxygen atoms in total. The maximum Gasteiger partial charge on any atom is 0.245 e. The van der Waals surface area contributed by atoms with Gasteiger partial charge in [0.25, 0.3) is 0 Å². The normalized spacial score (nSPS) is 17.2. The fourth-order valence-corrected chi connectivity index (χ4v) is 2.77. The van der Waals surface area contributed by atoms with Crippen molar-refractivity contribution in [2.45, 2.75) is 18.9 Å². The van der Waals surface area contributed by atoms with Gasteiger partial charge in [-0.3, -0.25) is 4.79 Å². The minimum Gasteiger partial charge on any atom is -0.395 e. The molecule has 118 valence electrons. The molecule has 1 fully saturated rings. The summed E-state index contributed by atoms with van der Waals surface area (Å²) in [7, 11) is 1.83. The molecule has 23 heavy (non-hydrogen) atoms. The number of aliphatic hydroxyl groups is 1. The van der Waals surface area contributed by atoms with E-state index in [1.54, 1.807) is 11.1 Å². The van der Waals surface area contributed by atoms with Gasteiger partial charge in [-0.2, -0.15) is 0 Å². The molecule has 1 aromatic heterocycles. The van der Waals surface area contributed by atoms with Crippen LogP contribution in [0.3, 0.4) is 0 Å². The zero-order chi connectivity index (χ0) is 16.2. The molecule has 1 N–H and O–H groups in total. The van der Waals surface area contributed by atoms with E-state index in [9.17, 15) is 4.79 Å². The molecule has 0 saturated carbocycles. The van der Waals surface area contributed by atoms with E-state index in [0.717, 1.165) is 29.9 Å². The molecule has 5 heteroatoms. The summed E-state index contributed by atoms with van der Waals surface area (Å²) in [5.41, 5.74) is 1.86. The maximum atomic E-state index is 12.2. The molecule has 0 bridgehead atoms. The van der Waals surface area contributed by atoms with Crippen LogP contribution in [-0.4, -0.2) is 45.7 Å². The molecule has 1 unspecified atom stereocenters. The van der Waals surface area contributed by atoms with Crippen LogP contribution in [0.5, 0.6) is 0 Å². The standard InChI is InChI=1S/C18H19N3O2/c1-20-11-9-16(18(20)23)21-12-10-19-17(21)15-7-5-14(6-8-15)4-2-3-13-22/h5-8,10,12,16,22H,3,9,11,13H2,1H3. The third-order valence-corrected chi connectivity index (χ3v) is 4.02. The SMILES string of the molecule is CN1CCC(n2ccnc2-c2ccc(C#CCCO)cc2)C1=O. The molecule has 0 radical (unpaired) electrons. The van der Waals surface area contributed by atoms with Crippen molar-refractivity contribution in [3.05, 3.63) is 42.2 Å². The van der Waals surface area contributed by atoms with Crippen LogP contribution in [0.1, 0.15) is 24.4 Å². The van der Waals surface area contributed by atoms with Gasteiger partial charge in [0.2, 0.25) is 5.91 Å². The Morgan fingerprint density at radius 2 is 2.13 bits per heavy atom. The first-order valence-electron chi connectivity index (χ1n) is 7.68. The molecular weight excluding hydrogens is 290 g/mol. The van der Waals surface area contributed by atoms with E-state index in [2.05, 4.69) is 16.8 Å². The summed E-state index contributed by atoms with van der Waals surface area (Å²) in [5.74, 6) is 6.84. The molecule has 1 aliphatic heterocycles. The van der Waals surface area contributed by atoms with E-state index in [0.29, 0.717) is 6.42 Å². The number of nitrogens with zero attached hydrogens (tertiary/aromatic N) is 3. The average Bonchev–Trinajstić information content (AvgIpc) is 3.16. The van der Waals surface area contributed by atoms with E-state index in [4.69, 9.17) is 5.11 Å². The van der Waals surface area contributed by atoms with Crippen molar-refractivity contribution in [2.24, 2.45) is 0 Å². The third-order valence-electron chi connectivity index (χ3n) is 4.02. The fraction of sp³-hybridized carbons (Fsp3) is 0.333. The van der Waals surface area contributed by atoms with Gasteiger partial charge in [-0.25, -0.2) is 4.98 Å². The Hall–Kier alpha value is -2.58. The Kier molecular flexibility index (Phi) is 4.45. The van der Waals surface area contributed by atoms with Crippen LogP contribution in [0.15, 0.2) is 36.7 Å². The first-order valence-corrected chi connectivity index (χ1v) is 7.68. The van der Waals surface area contributed by atoms with Crippen LogP contribution >= 0.6 is 0 Å². The summed E-state index contributed by atoms with van der Waals surface area (Å²) in [6.45, 7) is 0.854. The molecule has 0 spiro atoms.